The van der Waals surface area contributed by atoms with Crippen LogP contribution >= 0.6 is 11.6 Å². The molecule has 2 aromatic heterocycles. The van der Waals surface area contributed by atoms with Gasteiger partial charge in [0, 0.05) is 11.7 Å². The van der Waals surface area contributed by atoms with Gasteiger partial charge in [-0.3, -0.25) is 4.79 Å². The van der Waals surface area contributed by atoms with Gasteiger partial charge in [-0.2, -0.15) is 5.10 Å². The molecular formula is C17H21ClN4O3. The second-order valence-corrected chi connectivity index (χ2v) is 6.46. The molecule has 1 N–H and O–H groups in total. The molecule has 0 aromatic carbocycles. The van der Waals surface area contributed by atoms with E-state index in [-0.39, 0.29) is 22.7 Å². The van der Waals surface area contributed by atoms with Crippen LogP contribution in [0, 0.1) is 13.8 Å². The average Bonchev–Trinajstić information content (AvgIpc) is 2.85. The molecule has 2 aromatic rings. The maximum atomic E-state index is 12.4. The van der Waals surface area contributed by atoms with Crippen molar-refractivity contribution in [3.63, 3.8) is 0 Å². The van der Waals surface area contributed by atoms with Crippen LogP contribution in [0.5, 0.6) is 0 Å². The summed E-state index contributed by atoms with van der Waals surface area (Å²) >= 11 is 6.08. The Morgan fingerprint density at radius 1 is 1.24 bits per heavy atom. The summed E-state index contributed by atoms with van der Waals surface area (Å²) in [5.74, 6) is -0.699. The normalized spacial score (nSPS) is 12.1. The third kappa shape index (κ3) is 4.57. The Kier molecular flexibility index (Phi) is 5.79. The lowest BCUT2D eigenvalue weighted by molar-refractivity contribution is -0.129. The Morgan fingerprint density at radius 3 is 2.48 bits per heavy atom. The number of aryl methyl sites for hydroxylation is 2. The van der Waals surface area contributed by atoms with E-state index in [2.05, 4.69) is 15.4 Å². The van der Waals surface area contributed by atoms with Crippen molar-refractivity contribution in [1.29, 1.82) is 0 Å². The topological polar surface area (TPSA) is 86.1 Å². The number of nitrogens with zero attached hydrogens (tertiary/aromatic N) is 3. The number of carbonyl (C=O) groups is 2. The number of carbonyl (C=O) groups excluding carboxylic acids is 2. The summed E-state index contributed by atoms with van der Waals surface area (Å²) in [5.41, 5.74) is 1.64. The smallest absolute Gasteiger partial charge is 0.359 e. The van der Waals surface area contributed by atoms with Gasteiger partial charge in [0.15, 0.2) is 17.6 Å². The van der Waals surface area contributed by atoms with Gasteiger partial charge >= 0.3 is 5.97 Å². The van der Waals surface area contributed by atoms with Crippen LogP contribution in [0.25, 0.3) is 5.82 Å². The molecule has 0 spiro atoms. The Bertz CT molecular complexity index is 801. The van der Waals surface area contributed by atoms with Crippen LogP contribution in [0.4, 0.5) is 0 Å². The average molecular weight is 365 g/mol. The number of nitrogens with one attached hydrogen (secondary N) is 1. The fraction of sp³-hybridized carbons (Fsp3) is 0.412. The van der Waals surface area contributed by atoms with Gasteiger partial charge in [-0.05, 0) is 52.8 Å². The molecule has 0 saturated heterocycles. The molecule has 1 atom stereocenters. The van der Waals surface area contributed by atoms with Gasteiger partial charge in [-0.15, -0.1) is 0 Å². The number of halogens is 1. The van der Waals surface area contributed by atoms with E-state index in [9.17, 15) is 9.59 Å². The number of hydrogen-bond donors (Lipinski definition) is 1. The van der Waals surface area contributed by atoms with Crippen molar-refractivity contribution in [1.82, 2.24) is 20.1 Å². The minimum Gasteiger partial charge on any atom is -0.448 e. The second-order valence-electron chi connectivity index (χ2n) is 6.05. The van der Waals surface area contributed by atoms with Crippen LogP contribution in [0.2, 0.25) is 5.02 Å². The minimum atomic E-state index is -0.954. The highest BCUT2D eigenvalue weighted by molar-refractivity contribution is 6.33. The Labute approximate surface area is 151 Å². The van der Waals surface area contributed by atoms with Crippen molar-refractivity contribution in [2.75, 3.05) is 0 Å². The first-order valence-electron chi connectivity index (χ1n) is 7.90. The molecular weight excluding hydrogens is 344 g/mol. The lowest BCUT2D eigenvalue weighted by atomic mass is 10.3. The number of rotatable bonds is 5. The van der Waals surface area contributed by atoms with Gasteiger partial charge in [0.05, 0.1) is 10.7 Å². The molecule has 8 heteroatoms. The lowest BCUT2D eigenvalue weighted by Crippen LogP contribution is -2.39. The van der Waals surface area contributed by atoms with E-state index in [0.29, 0.717) is 5.82 Å². The van der Waals surface area contributed by atoms with E-state index < -0.39 is 12.1 Å². The molecule has 2 heterocycles. The molecule has 0 aliphatic rings. The predicted molar refractivity (Wildman–Crippen MR) is 94.0 cm³/mol. The van der Waals surface area contributed by atoms with Crippen molar-refractivity contribution in [3.05, 3.63) is 40.3 Å². The van der Waals surface area contributed by atoms with E-state index >= 15 is 0 Å². The van der Waals surface area contributed by atoms with Crippen molar-refractivity contribution < 1.29 is 14.3 Å². The molecule has 0 fully saturated rings. The number of ether oxygens (including phenoxy) is 1. The Morgan fingerprint density at radius 2 is 1.92 bits per heavy atom. The van der Waals surface area contributed by atoms with Crippen molar-refractivity contribution >= 4 is 23.5 Å². The quantitative estimate of drug-likeness (QED) is 0.824. The van der Waals surface area contributed by atoms with E-state index in [0.717, 1.165) is 11.4 Å². The molecule has 0 aliphatic carbocycles. The van der Waals surface area contributed by atoms with E-state index in [1.54, 1.807) is 16.8 Å². The maximum absolute atomic E-state index is 12.4. The molecule has 7 nitrogen and oxygen atoms in total. The summed E-state index contributed by atoms with van der Waals surface area (Å²) < 4.78 is 6.79. The standard InChI is InChI=1S/C17H21ClN4O3/c1-9(2)19-16(23)12(5)25-17(24)15-13(18)6-7-14(20-15)22-11(4)8-10(3)21-22/h6-9,12H,1-5H3,(H,19,23). The highest BCUT2D eigenvalue weighted by Gasteiger charge is 2.23. The van der Waals surface area contributed by atoms with Gasteiger partial charge in [0.2, 0.25) is 0 Å². The summed E-state index contributed by atoms with van der Waals surface area (Å²) in [7, 11) is 0. The summed E-state index contributed by atoms with van der Waals surface area (Å²) in [6.45, 7) is 8.89. The molecule has 2 rings (SSSR count). The van der Waals surface area contributed by atoms with E-state index in [1.165, 1.54) is 6.92 Å². The molecule has 1 unspecified atom stereocenters. The van der Waals surface area contributed by atoms with Crippen LogP contribution in [0.15, 0.2) is 18.2 Å². The number of pyridine rings is 1. The third-order valence-electron chi connectivity index (χ3n) is 3.34. The van der Waals surface area contributed by atoms with Crippen LogP contribution in [0.3, 0.4) is 0 Å². The third-order valence-corrected chi connectivity index (χ3v) is 3.64. The zero-order chi connectivity index (χ0) is 18.7. The first-order valence-corrected chi connectivity index (χ1v) is 8.28. The lowest BCUT2D eigenvalue weighted by Gasteiger charge is -2.15. The number of esters is 1. The van der Waals surface area contributed by atoms with E-state index in [4.69, 9.17) is 16.3 Å². The molecule has 0 saturated carbocycles. The largest absolute Gasteiger partial charge is 0.448 e. The van der Waals surface area contributed by atoms with Crippen molar-refractivity contribution in [3.8, 4) is 5.82 Å². The number of aromatic nitrogens is 3. The summed E-state index contributed by atoms with van der Waals surface area (Å²) in [6.07, 6.45) is -0.954. The molecule has 0 radical (unpaired) electrons. The molecule has 134 valence electrons. The Hall–Kier alpha value is -2.41. The molecule has 1 amide bonds. The Balaban J connectivity index is 2.24. The fourth-order valence-electron chi connectivity index (χ4n) is 2.23. The van der Waals surface area contributed by atoms with Crippen molar-refractivity contribution in [2.45, 2.75) is 46.8 Å². The number of hydrogen-bond acceptors (Lipinski definition) is 5. The molecule has 0 aliphatic heterocycles. The SMILES string of the molecule is Cc1cc(C)n(-c2ccc(Cl)c(C(=O)OC(C)C(=O)NC(C)C)n2)n1. The summed E-state index contributed by atoms with van der Waals surface area (Å²) in [4.78, 5) is 28.5. The van der Waals surface area contributed by atoms with Gasteiger partial charge in [-0.25, -0.2) is 14.5 Å². The number of amides is 1. The fourth-order valence-corrected chi connectivity index (χ4v) is 2.41. The van der Waals surface area contributed by atoms with Crippen molar-refractivity contribution in [2.24, 2.45) is 0 Å². The highest BCUT2D eigenvalue weighted by atomic mass is 35.5. The molecule has 0 bridgehead atoms. The van der Waals surface area contributed by atoms with Crippen LogP contribution in [-0.4, -0.2) is 38.8 Å². The summed E-state index contributed by atoms with van der Waals surface area (Å²) in [5, 5.41) is 7.15. The van der Waals surface area contributed by atoms with Crippen LogP contribution in [0.1, 0.15) is 42.6 Å². The first-order chi connectivity index (χ1) is 11.7. The predicted octanol–water partition coefficient (Wildman–Crippen LogP) is 2.61. The monoisotopic (exact) mass is 364 g/mol. The van der Waals surface area contributed by atoms with Gasteiger partial charge in [0.1, 0.15) is 0 Å². The zero-order valence-corrected chi connectivity index (χ0v) is 15.6. The summed E-state index contributed by atoms with van der Waals surface area (Å²) in [6, 6.07) is 5.06. The second kappa shape index (κ2) is 7.65. The highest BCUT2D eigenvalue weighted by Crippen LogP contribution is 2.19. The minimum absolute atomic E-state index is 0.0512. The van der Waals surface area contributed by atoms with Gasteiger partial charge in [0.25, 0.3) is 5.91 Å². The first kappa shape index (κ1) is 18.9. The molecule has 25 heavy (non-hydrogen) atoms. The van der Waals surface area contributed by atoms with Crippen LogP contribution in [-0.2, 0) is 9.53 Å². The van der Waals surface area contributed by atoms with Gasteiger partial charge in [-0.1, -0.05) is 11.6 Å². The van der Waals surface area contributed by atoms with E-state index in [1.807, 2.05) is 33.8 Å². The van der Waals surface area contributed by atoms with Gasteiger partial charge < -0.3 is 10.1 Å². The maximum Gasteiger partial charge on any atom is 0.359 e. The van der Waals surface area contributed by atoms with Crippen LogP contribution < -0.4 is 5.32 Å². The zero-order valence-electron chi connectivity index (χ0n) is 14.8.